The van der Waals surface area contributed by atoms with Gasteiger partial charge in [-0.3, -0.25) is 9.36 Å². The quantitative estimate of drug-likeness (QED) is 0.313. The Kier molecular flexibility index (Phi) is 6.08. The third-order valence-corrected chi connectivity index (χ3v) is 5.60. The molecule has 8 heteroatoms. The lowest BCUT2D eigenvalue weighted by Crippen LogP contribution is -2.15. The van der Waals surface area contributed by atoms with E-state index >= 15 is 0 Å². The van der Waals surface area contributed by atoms with Gasteiger partial charge in [-0.25, -0.2) is 0 Å². The van der Waals surface area contributed by atoms with Crippen molar-refractivity contribution in [3.63, 3.8) is 0 Å². The number of ether oxygens (including phenoxy) is 1. The van der Waals surface area contributed by atoms with Crippen molar-refractivity contribution >= 4 is 34.3 Å². The number of methoxy groups -OCH3 is 1. The van der Waals surface area contributed by atoms with Crippen LogP contribution in [0.5, 0.6) is 5.75 Å². The van der Waals surface area contributed by atoms with Gasteiger partial charge in [0.25, 0.3) is 0 Å². The molecule has 0 aliphatic rings. The van der Waals surface area contributed by atoms with E-state index < -0.39 is 0 Å². The molecule has 4 rings (SSSR count). The van der Waals surface area contributed by atoms with E-state index in [0.29, 0.717) is 34.7 Å². The molecule has 0 unspecified atom stereocenters. The van der Waals surface area contributed by atoms with Gasteiger partial charge in [0.15, 0.2) is 10.9 Å². The Morgan fingerprint density at radius 1 is 1.26 bits per heavy atom. The largest absolute Gasteiger partial charge is 0.495 e. The lowest BCUT2D eigenvalue weighted by molar-refractivity contribution is -0.113. The Labute approximate surface area is 184 Å². The molecule has 1 N–H and O–H groups in total. The van der Waals surface area contributed by atoms with E-state index in [4.69, 9.17) is 9.15 Å². The summed E-state index contributed by atoms with van der Waals surface area (Å²) in [5.41, 5.74) is 2.46. The van der Waals surface area contributed by atoms with Crippen molar-refractivity contribution < 1.29 is 13.9 Å². The zero-order valence-electron chi connectivity index (χ0n) is 17.3. The minimum absolute atomic E-state index is 0.160. The number of thioether (sulfide) groups is 1. The molecule has 1 amide bonds. The average molecular weight is 435 g/mol. The molecule has 31 heavy (non-hydrogen) atoms. The summed E-state index contributed by atoms with van der Waals surface area (Å²) in [6.45, 7) is 6.28. The number of rotatable bonds is 8. The van der Waals surface area contributed by atoms with Gasteiger partial charge >= 0.3 is 0 Å². The first-order valence-electron chi connectivity index (χ1n) is 9.69. The number of carbonyl (C=O) groups is 1. The third kappa shape index (κ3) is 4.49. The number of furan rings is 1. The second-order valence-electron chi connectivity index (χ2n) is 6.89. The Bertz CT molecular complexity index is 1210. The Morgan fingerprint density at radius 2 is 2.10 bits per heavy atom. The highest BCUT2D eigenvalue weighted by molar-refractivity contribution is 7.99. The van der Waals surface area contributed by atoms with Crippen LogP contribution >= 0.6 is 11.8 Å². The highest BCUT2D eigenvalue weighted by Crippen LogP contribution is 2.30. The van der Waals surface area contributed by atoms with Crippen molar-refractivity contribution in [1.29, 1.82) is 0 Å². The summed E-state index contributed by atoms with van der Waals surface area (Å²) >= 11 is 1.30. The number of carbonyl (C=O) groups excluding carboxylic acids is 1. The molecule has 158 valence electrons. The maximum absolute atomic E-state index is 12.5. The van der Waals surface area contributed by atoms with Gasteiger partial charge in [0.1, 0.15) is 11.3 Å². The maximum atomic E-state index is 12.5. The molecular formula is C23H22N4O3S. The van der Waals surface area contributed by atoms with Crippen molar-refractivity contribution in [2.75, 3.05) is 18.2 Å². The molecule has 0 spiro atoms. The van der Waals surface area contributed by atoms with Gasteiger partial charge in [0.2, 0.25) is 11.7 Å². The van der Waals surface area contributed by atoms with E-state index in [0.717, 1.165) is 16.5 Å². The number of amides is 1. The van der Waals surface area contributed by atoms with E-state index in [-0.39, 0.29) is 11.7 Å². The number of hydrogen-bond donors (Lipinski definition) is 1. The molecule has 0 fully saturated rings. The number of anilines is 1. The number of aryl methyl sites for hydroxylation is 1. The molecule has 2 heterocycles. The fourth-order valence-corrected chi connectivity index (χ4v) is 3.95. The van der Waals surface area contributed by atoms with Crippen LogP contribution in [0.1, 0.15) is 5.56 Å². The van der Waals surface area contributed by atoms with Gasteiger partial charge in [-0.05, 0) is 36.8 Å². The first-order chi connectivity index (χ1) is 15.1. The number of nitrogens with one attached hydrogen (secondary N) is 1. The number of hydrogen-bond acceptors (Lipinski definition) is 6. The van der Waals surface area contributed by atoms with Crippen molar-refractivity contribution in [3.8, 4) is 17.3 Å². The van der Waals surface area contributed by atoms with Crippen LogP contribution in [0.4, 0.5) is 5.69 Å². The normalized spacial score (nSPS) is 10.9. The van der Waals surface area contributed by atoms with Crippen LogP contribution in [-0.4, -0.2) is 33.5 Å². The van der Waals surface area contributed by atoms with Gasteiger partial charge in [0.05, 0.1) is 18.6 Å². The van der Waals surface area contributed by atoms with Gasteiger partial charge in [-0.1, -0.05) is 42.1 Å². The number of benzene rings is 2. The van der Waals surface area contributed by atoms with Gasteiger partial charge < -0.3 is 14.5 Å². The number of nitrogens with zero attached hydrogens (tertiary/aromatic N) is 3. The van der Waals surface area contributed by atoms with Gasteiger partial charge in [0, 0.05) is 11.9 Å². The van der Waals surface area contributed by atoms with Crippen molar-refractivity contribution in [3.05, 3.63) is 66.7 Å². The standard InChI is InChI=1S/C23H22N4O3S/c1-4-11-27-22(20-13-16-7-5-6-8-18(16)30-20)25-26-23(27)31-14-21(28)24-17-12-15(2)9-10-19(17)29-3/h4-10,12-13H,1,11,14H2,2-3H3,(H,24,28). The summed E-state index contributed by atoms with van der Waals surface area (Å²) in [5.74, 6) is 1.85. The van der Waals surface area contributed by atoms with Crippen LogP contribution in [0.2, 0.25) is 0 Å². The first-order valence-corrected chi connectivity index (χ1v) is 10.7. The van der Waals surface area contributed by atoms with E-state index in [1.165, 1.54) is 11.8 Å². The second kappa shape index (κ2) is 9.09. The summed E-state index contributed by atoms with van der Waals surface area (Å²) in [7, 11) is 1.58. The summed E-state index contributed by atoms with van der Waals surface area (Å²) in [4.78, 5) is 12.5. The van der Waals surface area contributed by atoms with E-state index in [2.05, 4.69) is 22.1 Å². The molecule has 4 aromatic rings. The smallest absolute Gasteiger partial charge is 0.234 e. The summed E-state index contributed by atoms with van der Waals surface area (Å²) in [6.07, 6.45) is 1.76. The lowest BCUT2D eigenvalue weighted by Gasteiger charge is -2.11. The highest BCUT2D eigenvalue weighted by Gasteiger charge is 2.18. The van der Waals surface area contributed by atoms with Crippen LogP contribution < -0.4 is 10.1 Å². The van der Waals surface area contributed by atoms with Crippen molar-refractivity contribution in [2.24, 2.45) is 0 Å². The lowest BCUT2D eigenvalue weighted by atomic mass is 10.2. The van der Waals surface area contributed by atoms with Crippen LogP contribution in [0.15, 0.2) is 70.8 Å². The van der Waals surface area contributed by atoms with E-state index in [1.807, 2.05) is 60.0 Å². The van der Waals surface area contributed by atoms with Crippen LogP contribution in [0.3, 0.4) is 0 Å². The molecule has 0 atom stereocenters. The van der Waals surface area contributed by atoms with Crippen LogP contribution in [0, 0.1) is 6.92 Å². The molecule has 0 aliphatic heterocycles. The molecule has 0 aliphatic carbocycles. The zero-order valence-corrected chi connectivity index (χ0v) is 18.1. The number of aromatic nitrogens is 3. The molecule has 7 nitrogen and oxygen atoms in total. The van der Waals surface area contributed by atoms with Gasteiger partial charge in [-0.15, -0.1) is 16.8 Å². The fourth-order valence-electron chi connectivity index (χ4n) is 3.20. The Hall–Kier alpha value is -3.52. The van der Waals surface area contributed by atoms with Crippen molar-refractivity contribution in [1.82, 2.24) is 14.8 Å². The SMILES string of the molecule is C=CCn1c(SCC(=O)Nc2cc(C)ccc2OC)nnc1-c1cc2ccccc2o1. The van der Waals surface area contributed by atoms with E-state index in [9.17, 15) is 4.79 Å². The average Bonchev–Trinajstić information content (AvgIpc) is 3.36. The minimum atomic E-state index is -0.160. The molecule has 0 saturated heterocycles. The zero-order chi connectivity index (χ0) is 21.8. The monoisotopic (exact) mass is 434 g/mol. The summed E-state index contributed by atoms with van der Waals surface area (Å²) in [5, 5.41) is 13.1. The summed E-state index contributed by atoms with van der Waals surface area (Å²) in [6, 6.07) is 15.3. The topological polar surface area (TPSA) is 82.2 Å². The molecule has 0 saturated carbocycles. The second-order valence-corrected chi connectivity index (χ2v) is 7.84. The molecule has 0 radical (unpaired) electrons. The molecular weight excluding hydrogens is 412 g/mol. The minimum Gasteiger partial charge on any atom is -0.495 e. The number of fused-ring (bicyclic) bond motifs is 1. The number of para-hydroxylation sites is 1. The van der Waals surface area contributed by atoms with E-state index in [1.54, 1.807) is 13.2 Å². The number of allylic oxidation sites excluding steroid dienone is 1. The Morgan fingerprint density at radius 3 is 2.87 bits per heavy atom. The maximum Gasteiger partial charge on any atom is 0.234 e. The van der Waals surface area contributed by atoms with Gasteiger partial charge in [-0.2, -0.15) is 0 Å². The van der Waals surface area contributed by atoms with Crippen molar-refractivity contribution in [2.45, 2.75) is 18.6 Å². The van der Waals surface area contributed by atoms with Crippen LogP contribution in [0.25, 0.3) is 22.6 Å². The molecule has 2 aromatic heterocycles. The summed E-state index contributed by atoms with van der Waals surface area (Å²) < 4.78 is 13.1. The Balaban J connectivity index is 1.52. The third-order valence-electron chi connectivity index (χ3n) is 4.64. The van der Waals surface area contributed by atoms with Crippen LogP contribution in [-0.2, 0) is 11.3 Å². The highest BCUT2D eigenvalue weighted by atomic mass is 32.2. The fraction of sp³-hybridized carbons (Fsp3) is 0.174. The predicted molar refractivity (Wildman–Crippen MR) is 123 cm³/mol. The molecule has 2 aromatic carbocycles. The molecule has 0 bridgehead atoms. The first kappa shape index (κ1) is 20.7. The predicted octanol–water partition coefficient (Wildman–Crippen LogP) is 4.93.